The Labute approximate surface area is 199 Å². The fourth-order valence-electron chi connectivity index (χ4n) is 3.22. The third-order valence-corrected chi connectivity index (χ3v) is 6.96. The van der Waals surface area contributed by atoms with Crippen molar-refractivity contribution in [3.63, 3.8) is 0 Å². The molecule has 3 rings (SSSR count). The van der Waals surface area contributed by atoms with Crippen LogP contribution < -0.4 is 20.1 Å². The molecule has 11 heteroatoms. The van der Waals surface area contributed by atoms with Crippen LogP contribution in [0.4, 0.5) is 11.4 Å². The Morgan fingerprint density at radius 3 is 2.72 bits per heavy atom. The van der Waals surface area contributed by atoms with Crippen LogP contribution in [0.3, 0.4) is 0 Å². The summed E-state index contributed by atoms with van der Waals surface area (Å²) in [4.78, 5) is 2.29. The molecule has 3 N–H and O–H groups in total. The summed E-state index contributed by atoms with van der Waals surface area (Å²) in [6, 6.07) is 11.4. The van der Waals surface area contributed by atoms with Gasteiger partial charge in [-0.25, -0.2) is 8.42 Å². The minimum atomic E-state index is -3.95. The number of anilines is 2. The van der Waals surface area contributed by atoms with E-state index in [-0.39, 0.29) is 9.92 Å². The molecule has 174 valence electrons. The number of ether oxygens (including phenoxy) is 2. The highest BCUT2D eigenvalue weighted by Crippen LogP contribution is 2.30. The molecule has 8 nitrogen and oxygen atoms in total. The third-order valence-electron chi connectivity index (χ3n) is 4.87. The first-order chi connectivity index (χ1) is 15.4. The number of rotatable bonds is 9. The van der Waals surface area contributed by atoms with Crippen LogP contribution in [0.25, 0.3) is 0 Å². The number of hydrogen-bond acceptors (Lipinski definition) is 6. The van der Waals surface area contributed by atoms with Gasteiger partial charge < -0.3 is 20.1 Å². The van der Waals surface area contributed by atoms with Gasteiger partial charge in [0.25, 0.3) is 10.0 Å². The highest BCUT2D eigenvalue weighted by atomic mass is 35.5. The molecule has 1 aliphatic heterocycles. The van der Waals surface area contributed by atoms with Crippen molar-refractivity contribution in [2.75, 3.05) is 56.5 Å². The molecule has 0 aromatic heterocycles. The zero-order valence-corrected chi connectivity index (χ0v) is 20.2. The van der Waals surface area contributed by atoms with E-state index in [0.717, 1.165) is 39.3 Å². The second kappa shape index (κ2) is 11.7. The minimum absolute atomic E-state index is 0.0646. The number of nitrogens with zero attached hydrogens (tertiary/aromatic N) is 1. The number of nitrogens with one attached hydrogen (secondary N) is 3. The predicted molar refractivity (Wildman–Crippen MR) is 131 cm³/mol. The van der Waals surface area contributed by atoms with Gasteiger partial charge in [0.05, 0.1) is 31.0 Å². The molecule has 0 radical (unpaired) electrons. The summed E-state index contributed by atoms with van der Waals surface area (Å²) < 4.78 is 39.0. The van der Waals surface area contributed by atoms with Crippen molar-refractivity contribution < 1.29 is 17.9 Å². The fraction of sp³-hybridized carbons (Fsp3) is 0.381. The van der Waals surface area contributed by atoms with Crippen molar-refractivity contribution in [1.82, 2.24) is 10.2 Å². The summed E-state index contributed by atoms with van der Waals surface area (Å²) >= 11 is 11.5. The van der Waals surface area contributed by atoms with Gasteiger partial charge in [-0.05, 0) is 55.5 Å². The standard InChI is InChI=1S/C21H27ClN4O4S2/c1-29-19-6-3-2-5-18(19)25-32(27,28)20-15-16(7-8-17(20)22)24-21(31)23-9-4-10-26-11-13-30-14-12-26/h2-3,5-8,15,25H,4,9-14H2,1H3,(H2,23,24,31). The van der Waals surface area contributed by atoms with Gasteiger partial charge in [-0.2, -0.15) is 0 Å². The summed E-state index contributed by atoms with van der Waals surface area (Å²) in [7, 11) is -2.48. The number of hydrogen-bond donors (Lipinski definition) is 3. The number of benzene rings is 2. The van der Waals surface area contributed by atoms with Crippen LogP contribution in [0, 0.1) is 0 Å². The first-order valence-corrected chi connectivity index (χ1v) is 12.5. The molecule has 1 fully saturated rings. The van der Waals surface area contributed by atoms with Crippen molar-refractivity contribution >= 4 is 50.3 Å². The number of methoxy groups -OCH3 is 1. The van der Waals surface area contributed by atoms with Crippen LogP contribution in [0.15, 0.2) is 47.4 Å². The van der Waals surface area contributed by atoms with Crippen LogP contribution in [-0.4, -0.2) is 64.9 Å². The van der Waals surface area contributed by atoms with Crippen molar-refractivity contribution in [1.29, 1.82) is 0 Å². The molecule has 0 spiro atoms. The van der Waals surface area contributed by atoms with Gasteiger partial charge in [0, 0.05) is 25.3 Å². The Morgan fingerprint density at radius 1 is 1.22 bits per heavy atom. The highest BCUT2D eigenvalue weighted by Gasteiger charge is 2.20. The molecule has 0 bridgehead atoms. The maximum Gasteiger partial charge on any atom is 0.263 e. The van der Waals surface area contributed by atoms with Gasteiger partial charge in [0.15, 0.2) is 5.11 Å². The van der Waals surface area contributed by atoms with Gasteiger partial charge in [-0.1, -0.05) is 23.7 Å². The summed E-state index contributed by atoms with van der Waals surface area (Å²) in [6.45, 7) is 5.14. The van der Waals surface area contributed by atoms with Crippen molar-refractivity contribution in [2.24, 2.45) is 0 Å². The molecule has 0 saturated carbocycles. The smallest absolute Gasteiger partial charge is 0.263 e. The molecule has 1 saturated heterocycles. The first kappa shape index (κ1) is 24.5. The minimum Gasteiger partial charge on any atom is -0.495 e. The molecule has 0 aliphatic carbocycles. The van der Waals surface area contributed by atoms with Crippen molar-refractivity contribution in [2.45, 2.75) is 11.3 Å². The monoisotopic (exact) mass is 498 g/mol. The topological polar surface area (TPSA) is 91.9 Å². The van der Waals surface area contributed by atoms with E-state index in [1.807, 2.05) is 0 Å². The Hall–Kier alpha value is -2.11. The van der Waals surface area contributed by atoms with E-state index < -0.39 is 10.0 Å². The molecule has 0 unspecified atom stereocenters. The van der Waals surface area contributed by atoms with Gasteiger partial charge in [-0.3, -0.25) is 9.62 Å². The first-order valence-electron chi connectivity index (χ1n) is 10.2. The van der Waals surface area contributed by atoms with E-state index in [2.05, 4.69) is 20.3 Å². The lowest BCUT2D eigenvalue weighted by Gasteiger charge is -2.26. The van der Waals surface area contributed by atoms with Gasteiger partial charge >= 0.3 is 0 Å². The maximum absolute atomic E-state index is 12.9. The molecular weight excluding hydrogens is 472 g/mol. The number of para-hydroxylation sites is 2. The van der Waals surface area contributed by atoms with E-state index in [1.54, 1.807) is 30.3 Å². The molecule has 2 aromatic rings. The average Bonchev–Trinajstić information content (AvgIpc) is 2.79. The van der Waals surface area contributed by atoms with Crippen LogP contribution in [0.1, 0.15) is 6.42 Å². The molecule has 0 atom stereocenters. The maximum atomic E-state index is 12.9. The Bertz CT molecular complexity index is 1030. The fourth-order valence-corrected chi connectivity index (χ4v) is 5.04. The van der Waals surface area contributed by atoms with E-state index in [9.17, 15) is 8.42 Å². The predicted octanol–water partition coefficient (Wildman–Crippen LogP) is 3.16. The number of sulfonamides is 1. The normalized spacial score (nSPS) is 14.6. The number of morpholine rings is 1. The average molecular weight is 499 g/mol. The molecule has 0 amide bonds. The van der Waals surface area contributed by atoms with Crippen LogP contribution in [-0.2, 0) is 14.8 Å². The molecule has 1 aliphatic rings. The van der Waals surface area contributed by atoms with Crippen molar-refractivity contribution in [3.8, 4) is 5.75 Å². The van der Waals surface area contributed by atoms with Gasteiger partial charge in [-0.15, -0.1) is 0 Å². The molecule has 32 heavy (non-hydrogen) atoms. The Morgan fingerprint density at radius 2 is 1.97 bits per heavy atom. The van der Waals surface area contributed by atoms with Crippen LogP contribution in [0.2, 0.25) is 5.02 Å². The Kier molecular flexibility index (Phi) is 8.94. The summed E-state index contributed by atoms with van der Waals surface area (Å²) in [5.74, 6) is 0.406. The molecule has 1 heterocycles. The summed E-state index contributed by atoms with van der Waals surface area (Å²) in [5, 5.41) is 6.68. The van der Waals surface area contributed by atoms with E-state index >= 15 is 0 Å². The third kappa shape index (κ3) is 6.94. The SMILES string of the molecule is COc1ccccc1NS(=O)(=O)c1cc(NC(=S)NCCCN2CCOCC2)ccc1Cl. The van der Waals surface area contributed by atoms with Crippen LogP contribution >= 0.6 is 23.8 Å². The van der Waals surface area contributed by atoms with Crippen LogP contribution in [0.5, 0.6) is 5.75 Å². The number of halogens is 1. The quantitative estimate of drug-likeness (QED) is 0.359. The van der Waals surface area contributed by atoms with E-state index in [0.29, 0.717) is 28.8 Å². The largest absolute Gasteiger partial charge is 0.495 e. The van der Waals surface area contributed by atoms with E-state index in [1.165, 1.54) is 19.2 Å². The second-order valence-corrected chi connectivity index (χ2v) is 9.61. The zero-order valence-electron chi connectivity index (χ0n) is 17.8. The summed E-state index contributed by atoms with van der Waals surface area (Å²) in [6.07, 6.45) is 0.935. The second-order valence-electron chi connectivity index (χ2n) is 7.14. The lowest BCUT2D eigenvalue weighted by Crippen LogP contribution is -2.38. The van der Waals surface area contributed by atoms with Crippen molar-refractivity contribution in [3.05, 3.63) is 47.5 Å². The number of thiocarbonyl (C=S) groups is 1. The van der Waals surface area contributed by atoms with E-state index in [4.69, 9.17) is 33.3 Å². The molecular formula is C21H27ClN4O4S2. The highest BCUT2D eigenvalue weighted by molar-refractivity contribution is 7.92. The lowest BCUT2D eigenvalue weighted by molar-refractivity contribution is 0.0376. The zero-order chi connectivity index (χ0) is 23.0. The van der Waals surface area contributed by atoms with Gasteiger partial charge in [0.2, 0.25) is 0 Å². The Balaban J connectivity index is 1.58. The summed E-state index contributed by atoms with van der Waals surface area (Å²) in [5.41, 5.74) is 0.836. The van der Waals surface area contributed by atoms with Gasteiger partial charge in [0.1, 0.15) is 10.6 Å². The lowest BCUT2D eigenvalue weighted by atomic mass is 10.3. The molecule has 2 aromatic carbocycles.